The van der Waals surface area contributed by atoms with E-state index in [0.717, 1.165) is 0 Å². The molecule has 110 valence electrons. The van der Waals surface area contributed by atoms with Gasteiger partial charge in [0.15, 0.2) is 0 Å². The van der Waals surface area contributed by atoms with Crippen molar-refractivity contribution < 1.29 is 19.3 Å². The normalized spacial score (nSPS) is 18.0. The third kappa shape index (κ3) is 2.96. The van der Waals surface area contributed by atoms with E-state index in [9.17, 15) is 24.5 Å². The van der Waals surface area contributed by atoms with Gasteiger partial charge in [0.05, 0.1) is 4.92 Å². The maximum Gasteiger partial charge on any atom is 0.304 e. The Bertz CT molecular complexity index is 643. The number of amides is 3. The van der Waals surface area contributed by atoms with E-state index in [2.05, 4.69) is 10.6 Å². The summed E-state index contributed by atoms with van der Waals surface area (Å²) in [5, 5.41) is 15.4. The summed E-state index contributed by atoms with van der Waals surface area (Å²) >= 11 is 0. The molecule has 0 radical (unpaired) electrons. The number of nitrogens with zero attached hydrogens (tertiary/aromatic N) is 1. The lowest BCUT2D eigenvalue weighted by molar-refractivity contribution is -0.384. The summed E-state index contributed by atoms with van der Waals surface area (Å²) in [5.74, 6) is -1.84. The number of nitro benzene ring substituents is 1. The molecule has 2 rings (SSSR count). The average molecular weight is 292 g/mol. The maximum absolute atomic E-state index is 12.1. The molecule has 1 saturated heterocycles. The quantitative estimate of drug-likeness (QED) is 0.302. The van der Waals surface area contributed by atoms with E-state index in [1.165, 1.54) is 18.2 Å². The summed E-state index contributed by atoms with van der Waals surface area (Å²) < 4.78 is 0. The van der Waals surface area contributed by atoms with Crippen molar-refractivity contribution in [1.82, 2.24) is 10.6 Å². The SMILES string of the molecule is Nc1cccc(C(=O)NC2CCC(=O)NC2=O)c1[N+](=O)[O-]. The maximum atomic E-state index is 12.1. The van der Waals surface area contributed by atoms with Gasteiger partial charge in [-0.25, -0.2) is 0 Å². The van der Waals surface area contributed by atoms with Crippen LogP contribution in [0.1, 0.15) is 23.2 Å². The van der Waals surface area contributed by atoms with Crippen molar-refractivity contribution in [2.75, 3.05) is 5.73 Å². The lowest BCUT2D eigenvalue weighted by Crippen LogP contribution is -2.52. The van der Waals surface area contributed by atoms with E-state index in [-0.39, 0.29) is 24.1 Å². The number of para-hydroxylation sites is 1. The Morgan fingerprint density at radius 1 is 1.43 bits per heavy atom. The molecule has 9 heteroatoms. The van der Waals surface area contributed by atoms with E-state index in [1.807, 2.05) is 0 Å². The summed E-state index contributed by atoms with van der Waals surface area (Å²) in [5.41, 5.74) is 4.61. The van der Waals surface area contributed by atoms with E-state index in [4.69, 9.17) is 5.73 Å². The molecular formula is C12H12N4O5. The fraction of sp³-hybridized carbons (Fsp3) is 0.250. The summed E-state index contributed by atoms with van der Waals surface area (Å²) in [6, 6.07) is 3.05. The topological polar surface area (TPSA) is 144 Å². The lowest BCUT2D eigenvalue weighted by atomic mass is 10.0. The van der Waals surface area contributed by atoms with Crippen LogP contribution in [0.25, 0.3) is 0 Å². The Labute approximate surface area is 118 Å². The second kappa shape index (κ2) is 5.57. The van der Waals surface area contributed by atoms with Crippen LogP contribution in [0, 0.1) is 10.1 Å². The predicted octanol–water partition coefficient (Wildman–Crippen LogP) is -0.288. The van der Waals surface area contributed by atoms with Crippen molar-refractivity contribution in [3.05, 3.63) is 33.9 Å². The zero-order chi connectivity index (χ0) is 15.6. The van der Waals surface area contributed by atoms with Gasteiger partial charge in [0.25, 0.3) is 5.91 Å². The van der Waals surface area contributed by atoms with E-state index >= 15 is 0 Å². The van der Waals surface area contributed by atoms with Crippen molar-refractivity contribution >= 4 is 29.1 Å². The number of carbonyl (C=O) groups excluding carboxylic acids is 3. The van der Waals surface area contributed by atoms with Crippen LogP contribution in [-0.2, 0) is 9.59 Å². The highest BCUT2D eigenvalue weighted by molar-refractivity contribution is 6.05. The summed E-state index contributed by atoms with van der Waals surface area (Å²) in [6.45, 7) is 0. The third-order valence-electron chi connectivity index (χ3n) is 3.04. The first kappa shape index (κ1) is 14.4. The van der Waals surface area contributed by atoms with Crippen molar-refractivity contribution in [3.63, 3.8) is 0 Å². The highest BCUT2D eigenvalue weighted by Gasteiger charge is 2.30. The van der Waals surface area contributed by atoms with Gasteiger partial charge in [-0.1, -0.05) is 6.07 Å². The zero-order valence-electron chi connectivity index (χ0n) is 10.8. The fourth-order valence-electron chi connectivity index (χ4n) is 2.02. The molecule has 1 aliphatic rings. The van der Waals surface area contributed by atoms with Crippen LogP contribution in [0.4, 0.5) is 11.4 Å². The number of nitrogens with one attached hydrogen (secondary N) is 2. The lowest BCUT2D eigenvalue weighted by Gasteiger charge is -2.21. The highest BCUT2D eigenvalue weighted by atomic mass is 16.6. The minimum absolute atomic E-state index is 0.0930. The Morgan fingerprint density at radius 3 is 2.76 bits per heavy atom. The number of hydrogen-bond donors (Lipinski definition) is 3. The Hall–Kier alpha value is -2.97. The predicted molar refractivity (Wildman–Crippen MR) is 71.1 cm³/mol. The highest BCUT2D eigenvalue weighted by Crippen LogP contribution is 2.25. The van der Waals surface area contributed by atoms with Gasteiger partial charge in [-0.15, -0.1) is 0 Å². The summed E-state index contributed by atoms with van der Waals surface area (Å²) in [7, 11) is 0. The van der Waals surface area contributed by atoms with E-state index in [0.29, 0.717) is 0 Å². The first-order valence-electron chi connectivity index (χ1n) is 6.07. The number of piperidine rings is 1. The molecule has 0 aliphatic carbocycles. The molecule has 21 heavy (non-hydrogen) atoms. The molecule has 0 bridgehead atoms. The number of benzene rings is 1. The zero-order valence-corrected chi connectivity index (χ0v) is 10.8. The van der Waals surface area contributed by atoms with Gasteiger partial charge in [-0.2, -0.15) is 0 Å². The van der Waals surface area contributed by atoms with Gasteiger partial charge in [-0.05, 0) is 18.6 Å². The van der Waals surface area contributed by atoms with Crippen molar-refractivity contribution in [3.8, 4) is 0 Å². The summed E-state index contributed by atoms with van der Waals surface area (Å²) in [4.78, 5) is 44.9. The van der Waals surface area contributed by atoms with Crippen LogP contribution >= 0.6 is 0 Å². The number of nitrogens with two attached hydrogens (primary N) is 1. The smallest absolute Gasteiger partial charge is 0.304 e. The number of rotatable bonds is 3. The minimum atomic E-state index is -0.906. The van der Waals surface area contributed by atoms with Crippen LogP contribution in [0.5, 0.6) is 0 Å². The number of nitrogen functional groups attached to an aromatic ring is 1. The molecule has 3 amide bonds. The van der Waals surface area contributed by atoms with Gasteiger partial charge >= 0.3 is 5.69 Å². The second-order valence-corrected chi connectivity index (χ2v) is 4.48. The van der Waals surface area contributed by atoms with Crippen LogP contribution in [0.3, 0.4) is 0 Å². The first-order chi connectivity index (χ1) is 9.90. The van der Waals surface area contributed by atoms with Crippen LogP contribution < -0.4 is 16.4 Å². The third-order valence-corrected chi connectivity index (χ3v) is 3.04. The van der Waals surface area contributed by atoms with Crippen LogP contribution in [0.15, 0.2) is 18.2 Å². The van der Waals surface area contributed by atoms with Crippen LogP contribution in [-0.4, -0.2) is 28.7 Å². The summed E-state index contributed by atoms with van der Waals surface area (Å²) in [6.07, 6.45) is 0.238. The molecule has 1 aliphatic heterocycles. The van der Waals surface area contributed by atoms with Gasteiger partial charge in [0, 0.05) is 6.42 Å². The van der Waals surface area contributed by atoms with Gasteiger partial charge in [0.1, 0.15) is 17.3 Å². The molecule has 1 unspecified atom stereocenters. The second-order valence-electron chi connectivity index (χ2n) is 4.48. The molecule has 0 aromatic heterocycles. The van der Waals surface area contributed by atoms with Gasteiger partial charge in [0.2, 0.25) is 11.8 Å². The number of carbonyl (C=O) groups is 3. The largest absolute Gasteiger partial charge is 0.393 e. The van der Waals surface area contributed by atoms with Crippen molar-refractivity contribution in [2.24, 2.45) is 0 Å². The van der Waals surface area contributed by atoms with Crippen LogP contribution in [0.2, 0.25) is 0 Å². The Kier molecular flexibility index (Phi) is 3.83. The number of nitro groups is 1. The minimum Gasteiger partial charge on any atom is -0.393 e. The van der Waals surface area contributed by atoms with Crippen molar-refractivity contribution in [1.29, 1.82) is 0 Å². The molecule has 1 aromatic rings. The fourth-order valence-corrected chi connectivity index (χ4v) is 2.02. The average Bonchev–Trinajstić information content (AvgIpc) is 2.41. The van der Waals surface area contributed by atoms with E-state index < -0.39 is 34.4 Å². The molecule has 1 heterocycles. The monoisotopic (exact) mass is 292 g/mol. The van der Waals surface area contributed by atoms with Gasteiger partial charge in [-0.3, -0.25) is 29.8 Å². The Morgan fingerprint density at radius 2 is 2.14 bits per heavy atom. The molecule has 1 aromatic carbocycles. The molecule has 9 nitrogen and oxygen atoms in total. The standard InChI is InChI=1S/C12H12N4O5/c13-7-3-1-2-6(10(7)16(20)21)11(18)14-8-4-5-9(17)15-12(8)19/h1-3,8H,4-5,13H2,(H,14,18)(H,15,17,19). The molecule has 0 saturated carbocycles. The molecule has 1 atom stereocenters. The van der Waals surface area contributed by atoms with E-state index in [1.54, 1.807) is 0 Å². The van der Waals surface area contributed by atoms with Gasteiger partial charge < -0.3 is 11.1 Å². The number of hydrogen-bond acceptors (Lipinski definition) is 6. The first-order valence-corrected chi connectivity index (χ1v) is 6.07. The molecular weight excluding hydrogens is 280 g/mol. The molecule has 1 fully saturated rings. The van der Waals surface area contributed by atoms with Crippen molar-refractivity contribution in [2.45, 2.75) is 18.9 Å². The Balaban J connectivity index is 2.22. The number of anilines is 1. The molecule has 4 N–H and O–H groups in total. The number of imide groups is 1. The molecule has 0 spiro atoms.